The van der Waals surface area contributed by atoms with E-state index in [1.807, 2.05) is 36.4 Å². The Morgan fingerprint density at radius 3 is 2.38 bits per heavy atom. The number of halogens is 3. The molecule has 0 bridgehead atoms. The van der Waals surface area contributed by atoms with Gasteiger partial charge in [0.1, 0.15) is 0 Å². The average Bonchev–Trinajstić information content (AvgIpc) is 2.79. The van der Waals surface area contributed by atoms with E-state index in [-0.39, 0.29) is 18.4 Å². The first-order valence-corrected chi connectivity index (χ1v) is 10.9. The first-order chi connectivity index (χ1) is 15.3. The summed E-state index contributed by atoms with van der Waals surface area (Å²) in [6.45, 7) is 0.499. The number of alkyl halides is 3. The Bertz CT molecular complexity index is 1130. The molecule has 0 atom stereocenters. The third-order valence-electron chi connectivity index (χ3n) is 5.08. The number of nitrogens with one attached hydrogen (secondary N) is 1. The molecule has 1 aliphatic heterocycles. The van der Waals surface area contributed by atoms with Crippen molar-refractivity contribution in [1.82, 2.24) is 5.32 Å². The van der Waals surface area contributed by atoms with E-state index in [9.17, 15) is 22.8 Å². The number of hydrogen-bond acceptors (Lipinski definition) is 3. The molecule has 0 saturated heterocycles. The van der Waals surface area contributed by atoms with Crippen LogP contribution in [0.15, 0.2) is 77.7 Å². The summed E-state index contributed by atoms with van der Waals surface area (Å²) in [5.74, 6) is -0.0664. The van der Waals surface area contributed by atoms with Crippen LogP contribution in [0.1, 0.15) is 27.0 Å². The van der Waals surface area contributed by atoms with Gasteiger partial charge in [-0.1, -0.05) is 42.5 Å². The van der Waals surface area contributed by atoms with Crippen molar-refractivity contribution in [3.63, 3.8) is 0 Å². The third-order valence-corrected chi connectivity index (χ3v) is 6.13. The molecule has 3 aromatic carbocycles. The Morgan fingerprint density at radius 1 is 0.969 bits per heavy atom. The highest BCUT2D eigenvalue weighted by molar-refractivity contribution is 8.00. The molecule has 1 N–H and O–H groups in total. The van der Waals surface area contributed by atoms with E-state index in [0.29, 0.717) is 29.1 Å². The van der Waals surface area contributed by atoms with Gasteiger partial charge in [-0.15, -0.1) is 11.8 Å². The SMILES string of the molecule is O=C(NCc1ccc(C(F)(F)F)cc1)c1ccc2c(c1)N(Cc1ccccc1)C(=O)CS2. The summed E-state index contributed by atoms with van der Waals surface area (Å²) >= 11 is 1.43. The quantitative estimate of drug-likeness (QED) is 0.569. The van der Waals surface area contributed by atoms with Crippen LogP contribution in [-0.2, 0) is 24.1 Å². The van der Waals surface area contributed by atoms with E-state index in [2.05, 4.69) is 5.32 Å². The van der Waals surface area contributed by atoms with Gasteiger partial charge >= 0.3 is 6.18 Å². The van der Waals surface area contributed by atoms with Gasteiger partial charge in [0, 0.05) is 17.0 Å². The summed E-state index contributed by atoms with van der Waals surface area (Å²) in [6, 6.07) is 19.4. The molecule has 0 aliphatic carbocycles. The second-order valence-corrected chi connectivity index (χ2v) is 8.33. The Balaban J connectivity index is 1.49. The molecule has 164 valence electrons. The van der Waals surface area contributed by atoms with Crippen molar-refractivity contribution in [2.75, 3.05) is 10.7 Å². The molecule has 0 saturated carbocycles. The van der Waals surface area contributed by atoms with Crippen LogP contribution in [0, 0.1) is 0 Å². The van der Waals surface area contributed by atoms with Crippen molar-refractivity contribution in [3.8, 4) is 0 Å². The summed E-state index contributed by atoms with van der Waals surface area (Å²) in [4.78, 5) is 27.8. The number of amides is 2. The van der Waals surface area contributed by atoms with E-state index in [0.717, 1.165) is 22.6 Å². The van der Waals surface area contributed by atoms with Crippen molar-refractivity contribution in [2.24, 2.45) is 0 Å². The zero-order chi connectivity index (χ0) is 22.7. The molecule has 1 heterocycles. The van der Waals surface area contributed by atoms with E-state index in [1.54, 1.807) is 17.0 Å². The van der Waals surface area contributed by atoms with Crippen LogP contribution >= 0.6 is 11.8 Å². The maximum Gasteiger partial charge on any atom is 0.416 e. The summed E-state index contributed by atoms with van der Waals surface area (Å²) in [5, 5.41) is 2.73. The Morgan fingerprint density at radius 2 is 1.69 bits per heavy atom. The number of fused-ring (bicyclic) bond motifs is 1. The normalized spacial score (nSPS) is 13.6. The number of carbonyl (C=O) groups is 2. The molecule has 0 spiro atoms. The van der Waals surface area contributed by atoms with Gasteiger partial charge in [0.05, 0.1) is 23.5 Å². The highest BCUT2D eigenvalue weighted by atomic mass is 32.2. The fourth-order valence-corrected chi connectivity index (χ4v) is 4.29. The van der Waals surface area contributed by atoms with Gasteiger partial charge in [-0.2, -0.15) is 13.2 Å². The van der Waals surface area contributed by atoms with Crippen molar-refractivity contribution < 1.29 is 22.8 Å². The molecule has 4 rings (SSSR count). The summed E-state index contributed by atoms with van der Waals surface area (Å²) < 4.78 is 38.1. The Labute approximate surface area is 187 Å². The molecule has 4 nitrogen and oxygen atoms in total. The smallest absolute Gasteiger partial charge is 0.348 e. The van der Waals surface area contributed by atoms with Crippen molar-refractivity contribution >= 4 is 29.3 Å². The number of anilines is 1. The van der Waals surface area contributed by atoms with Crippen molar-refractivity contribution in [2.45, 2.75) is 24.2 Å². The van der Waals surface area contributed by atoms with Gasteiger partial charge in [-0.3, -0.25) is 9.59 Å². The second kappa shape index (κ2) is 9.08. The number of rotatable bonds is 5. The van der Waals surface area contributed by atoms with Crippen LogP contribution < -0.4 is 10.2 Å². The molecular formula is C24H19F3N2O2S. The van der Waals surface area contributed by atoms with Gasteiger partial charge in [-0.25, -0.2) is 0 Å². The largest absolute Gasteiger partial charge is 0.416 e. The van der Waals surface area contributed by atoms with Crippen LogP contribution in [0.3, 0.4) is 0 Å². The maximum absolute atomic E-state index is 12.7. The highest BCUT2D eigenvalue weighted by Crippen LogP contribution is 2.37. The van der Waals surface area contributed by atoms with E-state index < -0.39 is 11.7 Å². The molecule has 2 amide bonds. The number of hydrogen-bond donors (Lipinski definition) is 1. The lowest BCUT2D eigenvalue weighted by atomic mass is 10.1. The molecule has 0 aromatic heterocycles. The van der Waals surface area contributed by atoms with Crippen LogP contribution in [0.25, 0.3) is 0 Å². The highest BCUT2D eigenvalue weighted by Gasteiger charge is 2.30. The van der Waals surface area contributed by atoms with Crippen LogP contribution in [0.5, 0.6) is 0 Å². The number of carbonyl (C=O) groups excluding carboxylic acids is 2. The fourth-order valence-electron chi connectivity index (χ4n) is 3.38. The monoisotopic (exact) mass is 456 g/mol. The topological polar surface area (TPSA) is 49.4 Å². The van der Waals surface area contributed by atoms with Gasteiger partial charge in [-0.05, 0) is 41.5 Å². The van der Waals surface area contributed by atoms with E-state index in [1.165, 1.54) is 23.9 Å². The van der Waals surface area contributed by atoms with E-state index >= 15 is 0 Å². The Kier molecular flexibility index (Phi) is 6.23. The van der Waals surface area contributed by atoms with Crippen molar-refractivity contribution in [1.29, 1.82) is 0 Å². The molecule has 0 radical (unpaired) electrons. The van der Waals surface area contributed by atoms with Crippen LogP contribution in [0.2, 0.25) is 0 Å². The Hall–Kier alpha value is -3.26. The minimum absolute atomic E-state index is 0.0336. The van der Waals surface area contributed by atoms with Crippen LogP contribution in [0.4, 0.5) is 18.9 Å². The fraction of sp³-hybridized carbons (Fsp3) is 0.167. The van der Waals surface area contributed by atoms with Gasteiger partial charge in [0.15, 0.2) is 0 Å². The minimum atomic E-state index is -4.40. The standard InChI is InChI=1S/C24H19F3N2O2S/c25-24(26,27)19-9-6-16(7-10-19)13-28-23(31)18-8-11-21-20(12-18)29(22(30)15-32-21)14-17-4-2-1-3-5-17/h1-12H,13-15H2,(H,28,31). The molecule has 0 fully saturated rings. The predicted molar refractivity (Wildman–Crippen MR) is 117 cm³/mol. The molecule has 8 heteroatoms. The third kappa shape index (κ3) is 4.96. The average molecular weight is 456 g/mol. The lowest BCUT2D eigenvalue weighted by molar-refractivity contribution is -0.137. The van der Waals surface area contributed by atoms with Gasteiger partial charge in [0.2, 0.25) is 5.91 Å². The first kappa shape index (κ1) is 22.0. The zero-order valence-electron chi connectivity index (χ0n) is 16.9. The number of thioether (sulfide) groups is 1. The van der Waals surface area contributed by atoms with Crippen LogP contribution in [-0.4, -0.2) is 17.6 Å². The van der Waals surface area contributed by atoms with Gasteiger partial charge in [0.25, 0.3) is 5.91 Å². The van der Waals surface area contributed by atoms with Gasteiger partial charge < -0.3 is 10.2 Å². The lowest BCUT2D eigenvalue weighted by Crippen LogP contribution is -2.35. The predicted octanol–water partition coefficient (Wildman–Crippen LogP) is 5.27. The second-order valence-electron chi connectivity index (χ2n) is 7.31. The number of benzene rings is 3. The maximum atomic E-state index is 12.7. The summed E-state index contributed by atoms with van der Waals surface area (Å²) in [6.07, 6.45) is -4.40. The molecule has 32 heavy (non-hydrogen) atoms. The molecular weight excluding hydrogens is 437 g/mol. The molecule has 3 aromatic rings. The summed E-state index contributed by atoms with van der Waals surface area (Å²) in [5.41, 5.74) is 1.86. The zero-order valence-corrected chi connectivity index (χ0v) is 17.7. The summed E-state index contributed by atoms with van der Waals surface area (Å²) in [7, 11) is 0. The molecule has 1 aliphatic rings. The first-order valence-electron chi connectivity index (χ1n) is 9.87. The van der Waals surface area contributed by atoms with E-state index in [4.69, 9.17) is 0 Å². The van der Waals surface area contributed by atoms with Crippen molar-refractivity contribution in [3.05, 3.63) is 95.1 Å². The minimum Gasteiger partial charge on any atom is -0.348 e. The lowest BCUT2D eigenvalue weighted by Gasteiger charge is -2.29. The molecule has 0 unspecified atom stereocenters. The number of nitrogens with zero attached hydrogens (tertiary/aromatic N) is 1.